The Balaban J connectivity index is 1.59. The summed E-state index contributed by atoms with van der Waals surface area (Å²) in [5, 5.41) is 4.77. The van der Waals surface area contributed by atoms with Crippen molar-refractivity contribution in [3.8, 4) is 0 Å². The van der Waals surface area contributed by atoms with Crippen LogP contribution in [-0.4, -0.2) is 62.4 Å². The van der Waals surface area contributed by atoms with Crippen molar-refractivity contribution in [2.24, 2.45) is 0 Å². The van der Waals surface area contributed by atoms with Gasteiger partial charge in [-0.25, -0.2) is 9.65 Å². The van der Waals surface area contributed by atoms with Gasteiger partial charge in [0.25, 0.3) is 0 Å². The number of rotatable bonds is 46. The van der Waals surface area contributed by atoms with E-state index in [1.807, 2.05) is 0 Å². The first-order valence-corrected chi connectivity index (χ1v) is 30.1. The molecule has 364 valence electrons. The number of unbranched alkanes of at least 4 members (excludes halogenated alkanes) is 22. The first kappa shape index (κ1) is 58.3. The summed E-state index contributed by atoms with van der Waals surface area (Å²) in [6, 6.07) is 22.0. The van der Waals surface area contributed by atoms with Crippen molar-refractivity contribution in [1.82, 2.24) is 5.09 Å². The van der Waals surface area contributed by atoms with E-state index in [1.165, 1.54) is 178 Å². The average molecular weight is 933 g/mol. The minimum absolute atomic E-state index is 0.498. The Morgan fingerprint density at radius 3 is 1.13 bits per heavy atom. The first-order valence-electron chi connectivity index (χ1n) is 26.5. The Hall–Kier alpha value is -0.790. The standard InChI is InChI=1S/C55H100N2O3PS2/c1-6-8-10-12-20-32-42-54(62-50-52-38-28-26-29-39-52)44-34-22-16-14-18-24-36-48-59-61(58,56-46-47-57(3,4)5)60-49-37-25-19-15-17-23-35-45-55(43-33-21-13-11-9-7-2)63-51-53-40-30-27-31-41-53/h26-31,38-41,54-55H,6-25,32-37,42-51H2,1-5H3,(H,56,58)/q+1. The molecule has 0 bridgehead atoms. The molecule has 0 saturated carbocycles. The molecule has 0 fully saturated rings. The summed E-state index contributed by atoms with van der Waals surface area (Å²) in [5.74, 6) is 2.28. The second-order valence-corrected chi connectivity index (χ2v) is 24.0. The number of nitrogens with zero attached hydrogens (tertiary/aromatic N) is 1. The topological polar surface area (TPSA) is 47.6 Å². The molecule has 0 aromatic heterocycles. The van der Waals surface area contributed by atoms with Crippen LogP contribution < -0.4 is 5.09 Å². The van der Waals surface area contributed by atoms with Crippen LogP contribution in [0.25, 0.3) is 0 Å². The van der Waals surface area contributed by atoms with Crippen molar-refractivity contribution < 1.29 is 18.1 Å². The second kappa shape index (κ2) is 40.3. The molecule has 5 nitrogen and oxygen atoms in total. The van der Waals surface area contributed by atoms with Crippen LogP contribution in [0, 0.1) is 0 Å². The van der Waals surface area contributed by atoms with E-state index in [-0.39, 0.29) is 0 Å². The van der Waals surface area contributed by atoms with Crippen LogP contribution in [0.1, 0.15) is 218 Å². The first-order chi connectivity index (χ1) is 30.7. The molecule has 0 aliphatic rings. The monoisotopic (exact) mass is 932 g/mol. The molecule has 0 aliphatic carbocycles. The summed E-state index contributed by atoms with van der Waals surface area (Å²) in [4.78, 5) is 0. The van der Waals surface area contributed by atoms with Crippen LogP contribution in [0.2, 0.25) is 0 Å². The van der Waals surface area contributed by atoms with E-state index in [4.69, 9.17) is 9.05 Å². The van der Waals surface area contributed by atoms with E-state index in [0.29, 0.717) is 19.8 Å². The number of likely N-dealkylation sites (N-methyl/N-ethyl adjacent to an activating group) is 1. The molecule has 1 N–H and O–H groups in total. The summed E-state index contributed by atoms with van der Waals surface area (Å²) in [6.45, 7) is 7.09. The Labute approximate surface area is 400 Å². The largest absolute Gasteiger partial charge is 0.405 e. The van der Waals surface area contributed by atoms with Crippen molar-refractivity contribution in [3.05, 3.63) is 71.8 Å². The smallest absolute Gasteiger partial charge is 0.330 e. The van der Waals surface area contributed by atoms with Crippen molar-refractivity contribution in [3.63, 3.8) is 0 Å². The number of hydrogen-bond acceptors (Lipinski definition) is 5. The summed E-state index contributed by atoms with van der Waals surface area (Å²) in [7, 11) is 3.17. The molecule has 0 amide bonds. The predicted molar refractivity (Wildman–Crippen MR) is 283 cm³/mol. The second-order valence-electron chi connectivity index (χ2n) is 19.6. The maximum atomic E-state index is 13.8. The zero-order chi connectivity index (χ0) is 45.4. The zero-order valence-electron chi connectivity index (χ0n) is 41.8. The highest BCUT2D eigenvalue weighted by Crippen LogP contribution is 2.44. The fraction of sp³-hybridized carbons (Fsp3) is 0.782. The van der Waals surface area contributed by atoms with Gasteiger partial charge in [0, 0.05) is 22.0 Å². The third-order valence-corrected chi connectivity index (χ3v) is 16.9. The lowest BCUT2D eigenvalue weighted by Gasteiger charge is -2.25. The van der Waals surface area contributed by atoms with Gasteiger partial charge in [0.05, 0.1) is 47.4 Å². The summed E-state index contributed by atoms with van der Waals surface area (Å²) < 4.78 is 26.6. The molecule has 2 aromatic carbocycles. The van der Waals surface area contributed by atoms with Gasteiger partial charge >= 0.3 is 7.75 Å². The number of quaternary nitrogens is 1. The molecule has 0 heterocycles. The van der Waals surface area contributed by atoms with Gasteiger partial charge in [-0.3, -0.25) is 9.05 Å². The Kier molecular flexibility index (Phi) is 37.3. The molecule has 2 aromatic rings. The van der Waals surface area contributed by atoms with Crippen molar-refractivity contribution in [2.45, 2.75) is 228 Å². The molecule has 2 unspecified atom stereocenters. The van der Waals surface area contributed by atoms with E-state index in [0.717, 1.165) is 58.7 Å². The van der Waals surface area contributed by atoms with Crippen LogP contribution in [0.15, 0.2) is 60.7 Å². The van der Waals surface area contributed by atoms with Crippen LogP contribution in [0.3, 0.4) is 0 Å². The highest BCUT2D eigenvalue weighted by molar-refractivity contribution is 7.99. The van der Waals surface area contributed by atoms with Gasteiger partial charge in [0.15, 0.2) is 0 Å². The predicted octanol–water partition coefficient (Wildman–Crippen LogP) is 17.8. The fourth-order valence-corrected chi connectivity index (χ4v) is 12.2. The molecule has 8 heteroatoms. The third kappa shape index (κ3) is 36.0. The van der Waals surface area contributed by atoms with Gasteiger partial charge in [-0.1, -0.05) is 229 Å². The average Bonchev–Trinajstić information content (AvgIpc) is 3.27. The Bertz CT molecular complexity index is 1230. The lowest BCUT2D eigenvalue weighted by Crippen LogP contribution is -2.40. The normalized spacial score (nSPS) is 13.9. The Morgan fingerprint density at radius 1 is 0.476 bits per heavy atom. The maximum Gasteiger partial charge on any atom is 0.405 e. The molecular formula is C55H100N2O3PS2+. The lowest BCUT2D eigenvalue weighted by atomic mass is 10.0. The van der Waals surface area contributed by atoms with Gasteiger partial charge in [-0.05, 0) is 49.7 Å². The van der Waals surface area contributed by atoms with Gasteiger partial charge < -0.3 is 4.48 Å². The van der Waals surface area contributed by atoms with Crippen molar-refractivity contribution in [2.75, 3.05) is 47.4 Å². The molecular weight excluding hydrogens is 832 g/mol. The summed E-state index contributed by atoms with van der Waals surface area (Å²) in [5.41, 5.74) is 2.92. The van der Waals surface area contributed by atoms with E-state index < -0.39 is 7.75 Å². The molecule has 2 rings (SSSR count). The third-order valence-electron chi connectivity index (χ3n) is 12.4. The Morgan fingerprint density at radius 2 is 0.794 bits per heavy atom. The zero-order valence-corrected chi connectivity index (χ0v) is 44.3. The van der Waals surface area contributed by atoms with Crippen molar-refractivity contribution in [1.29, 1.82) is 0 Å². The van der Waals surface area contributed by atoms with Gasteiger partial charge in [0.2, 0.25) is 0 Å². The minimum Gasteiger partial charge on any atom is -0.330 e. The number of nitrogens with one attached hydrogen (secondary N) is 1. The van der Waals surface area contributed by atoms with E-state index in [1.54, 1.807) is 0 Å². The van der Waals surface area contributed by atoms with E-state index >= 15 is 0 Å². The van der Waals surface area contributed by atoms with Crippen LogP contribution >= 0.6 is 31.3 Å². The maximum absolute atomic E-state index is 13.8. The molecule has 2 atom stereocenters. The lowest BCUT2D eigenvalue weighted by molar-refractivity contribution is -0.869. The summed E-state index contributed by atoms with van der Waals surface area (Å²) >= 11 is 4.38. The number of thioether (sulfide) groups is 2. The van der Waals surface area contributed by atoms with E-state index in [9.17, 15) is 4.57 Å². The van der Waals surface area contributed by atoms with Gasteiger partial charge in [-0.2, -0.15) is 23.5 Å². The fourth-order valence-electron chi connectivity index (χ4n) is 8.24. The quantitative estimate of drug-likeness (QED) is 0.0405. The van der Waals surface area contributed by atoms with Gasteiger partial charge in [0.1, 0.15) is 0 Å². The van der Waals surface area contributed by atoms with Crippen LogP contribution in [0.5, 0.6) is 0 Å². The summed E-state index contributed by atoms with van der Waals surface area (Å²) in [6.07, 6.45) is 39.2. The molecule has 63 heavy (non-hydrogen) atoms. The molecule has 0 aliphatic heterocycles. The molecule has 0 spiro atoms. The molecule has 0 saturated heterocycles. The van der Waals surface area contributed by atoms with Crippen LogP contribution in [0.4, 0.5) is 0 Å². The number of benzene rings is 2. The van der Waals surface area contributed by atoms with E-state index in [2.05, 4.69) is 124 Å². The molecule has 0 radical (unpaired) electrons. The van der Waals surface area contributed by atoms with Crippen LogP contribution in [-0.2, 0) is 25.1 Å². The highest BCUT2D eigenvalue weighted by atomic mass is 32.2. The SMILES string of the molecule is CCCCCCCCC(CCCCCCCCCOP(=O)(NCC[N+](C)(C)C)OCCCCCCCCCC(CCCCCCCC)SCc1ccccc1)SCc1ccccc1. The van der Waals surface area contributed by atoms with Gasteiger partial charge in [-0.15, -0.1) is 0 Å². The van der Waals surface area contributed by atoms with Crippen molar-refractivity contribution >= 4 is 31.3 Å². The highest BCUT2D eigenvalue weighted by Gasteiger charge is 2.25. The minimum atomic E-state index is -3.31. The number of hydrogen-bond donors (Lipinski definition) is 1.